The molecule has 2 N–H and O–H groups in total. The molecule has 1 atom stereocenters. The van der Waals surface area contributed by atoms with Crippen molar-refractivity contribution in [3.63, 3.8) is 0 Å². The summed E-state index contributed by atoms with van der Waals surface area (Å²) >= 11 is 1.67. The number of rotatable bonds is 8. The third kappa shape index (κ3) is 5.03. The van der Waals surface area contributed by atoms with Gasteiger partial charge in [-0.1, -0.05) is 66.2 Å². The number of anilines is 1. The molecule has 0 aliphatic rings. The topological polar surface area (TPSA) is 59.0 Å². The van der Waals surface area contributed by atoms with E-state index in [1.54, 1.807) is 22.2 Å². The maximum absolute atomic E-state index is 12.7. The normalized spacial score (nSPS) is 11.9. The Morgan fingerprint density at radius 1 is 1.00 bits per heavy atom. The zero-order chi connectivity index (χ0) is 20.8. The van der Waals surface area contributed by atoms with Crippen molar-refractivity contribution in [1.82, 2.24) is 15.1 Å². The lowest BCUT2D eigenvalue weighted by Crippen LogP contribution is -2.32. The van der Waals surface area contributed by atoms with Crippen LogP contribution >= 0.6 is 11.3 Å². The van der Waals surface area contributed by atoms with Crippen LogP contribution in [-0.4, -0.2) is 22.2 Å². The van der Waals surface area contributed by atoms with Gasteiger partial charge in [-0.3, -0.25) is 10.1 Å². The molecule has 4 rings (SSSR count). The SMILES string of the molecule is Cc1ccc(C(NCC(=O)Nc2ccnn2Cc2cccs2)c2ccccc2)cc1. The molecule has 1 unspecified atom stereocenters. The highest BCUT2D eigenvalue weighted by Gasteiger charge is 2.16. The molecule has 2 aromatic heterocycles. The van der Waals surface area contributed by atoms with Gasteiger partial charge in [0.05, 0.1) is 25.3 Å². The fourth-order valence-electron chi connectivity index (χ4n) is 3.33. The van der Waals surface area contributed by atoms with E-state index >= 15 is 0 Å². The molecule has 0 saturated carbocycles. The molecule has 0 radical (unpaired) electrons. The van der Waals surface area contributed by atoms with Crippen LogP contribution in [0.15, 0.2) is 84.4 Å². The van der Waals surface area contributed by atoms with Crippen LogP contribution in [0.4, 0.5) is 5.82 Å². The van der Waals surface area contributed by atoms with Crippen LogP contribution in [0.25, 0.3) is 0 Å². The highest BCUT2D eigenvalue weighted by atomic mass is 32.1. The molecule has 30 heavy (non-hydrogen) atoms. The average molecular weight is 417 g/mol. The molecular formula is C24H24N4OS. The second kappa shape index (κ2) is 9.52. The second-order valence-electron chi connectivity index (χ2n) is 7.14. The standard InChI is InChI=1S/C24H24N4OS/c1-18-9-11-20(12-10-18)24(19-6-3-2-4-7-19)25-16-23(29)27-22-13-14-26-28(22)17-21-8-5-15-30-21/h2-15,24-25H,16-17H2,1H3,(H,27,29). The molecule has 4 aromatic rings. The molecular weight excluding hydrogens is 392 g/mol. The van der Waals surface area contributed by atoms with Gasteiger partial charge in [0.2, 0.25) is 5.91 Å². The van der Waals surface area contributed by atoms with E-state index in [4.69, 9.17) is 0 Å². The van der Waals surface area contributed by atoms with Gasteiger partial charge in [0, 0.05) is 10.9 Å². The summed E-state index contributed by atoms with van der Waals surface area (Å²) < 4.78 is 1.80. The second-order valence-corrected chi connectivity index (χ2v) is 8.17. The van der Waals surface area contributed by atoms with Crippen molar-refractivity contribution in [3.05, 3.63) is 106 Å². The average Bonchev–Trinajstić information content (AvgIpc) is 3.43. The maximum Gasteiger partial charge on any atom is 0.239 e. The van der Waals surface area contributed by atoms with Crippen LogP contribution in [0.1, 0.15) is 27.6 Å². The minimum atomic E-state index is -0.101. The van der Waals surface area contributed by atoms with Gasteiger partial charge < -0.3 is 5.32 Å². The zero-order valence-corrected chi connectivity index (χ0v) is 17.6. The number of aromatic nitrogens is 2. The number of carbonyl (C=O) groups is 1. The van der Waals surface area contributed by atoms with Crippen LogP contribution in [0.2, 0.25) is 0 Å². The monoisotopic (exact) mass is 416 g/mol. The van der Waals surface area contributed by atoms with Crippen LogP contribution in [0, 0.1) is 6.92 Å². The lowest BCUT2D eigenvalue weighted by molar-refractivity contribution is -0.115. The first-order valence-electron chi connectivity index (χ1n) is 9.88. The lowest BCUT2D eigenvalue weighted by Gasteiger charge is -2.20. The smallest absolute Gasteiger partial charge is 0.239 e. The largest absolute Gasteiger partial charge is 0.310 e. The van der Waals surface area contributed by atoms with Crippen molar-refractivity contribution in [2.75, 3.05) is 11.9 Å². The summed E-state index contributed by atoms with van der Waals surface area (Å²) in [4.78, 5) is 13.9. The number of carbonyl (C=O) groups excluding carboxylic acids is 1. The Balaban J connectivity index is 1.43. The van der Waals surface area contributed by atoms with E-state index in [-0.39, 0.29) is 18.5 Å². The Kier molecular flexibility index (Phi) is 6.37. The summed E-state index contributed by atoms with van der Waals surface area (Å²) in [7, 11) is 0. The number of aryl methyl sites for hydroxylation is 1. The zero-order valence-electron chi connectivity index (χ0n) is 16.8. The highest BCUT2D eigenvalue weighted by molar-refractivity contribution is 7.09. The van der Waals surface area contributed by atoms with Crippen molar-refractivity contribution in [2.45, 2.75) is 19.5 Å². The van der Waals surface area contributed by atoms with E-state index in [2.05, 4.69) is 65.1 Å². The van der Waals surface area contributed by atoms with Gasteiger partial charge in [-0.25, -0.2) is 4.68 Å². The van der Waals surface area contributed by atoms with Crippen molar-refractivity contribution in [1.29, 1.82) is 0 Å². The summed E-state index contributed by atoms with van der Waals surface area (Å²) in [6, 6.07) is 24.4. The van der Waals surface area contributed by atoms with E-state index in [0.717, 1.165) is 11.1 Å². The summed E-state index contributed by atoms with van der Waals surface area (Å²) in [5.41, 5.74) is 3.46. The summed E-state index contributed by atoms with van der Waals surface area (Å²) in [6.07, 6.45) is 1.70. The Hall–Kier alpha value is -3.22. The van der Waals surface area contributed by atoms with Crippen molar-refractivity contribution in [2.24, 2.45) is 0 Å². The van der Waals surface area contributed by atoms with Crippen molar-refractivity contribution < 1.29 is 4.79 Å². The third-order valence-electron chi connectivity index (χ3n) is 4.88. The first-order chi connectivity index (χ1) is 14.7. The predicted octanol–water partition coefficient (Wildman–Crippen LogP) is 4.62. The van der Waals surface area contributed by atoms with Gasteiger partial charge in [-0.15, -0.1) is 11.3 Å². The van der Waals surface area contributed by atoms with Gasteiger partial charge in [-0.05, 0) is 29.5 Å². The van der Waals surface area contributed by atoms with Crippen LogP contribution in [0.3, 0.4) is 0 Å². The first kappa shape index (κ1) is 20.1. The summed E-state index contributed by atoms with van der Waals surface area (Å²) in [6.45, 7) is 2.91. The molecule has 0 spiro atoms. The van der Waals surface area contributed by atoms with Gasteiger partial charge in [0.15, 0.2) is 0 Å². The van der Waals surface area contributed by atoms with E-state index in [1.807, 2.05) is 35.7 Å². The minimum Gasteiger partial charge on any atom is -0.310 e. The molecule has 0 saturated heterocycles. The quantitative estimate of drug-likeness (QED) is 0.441. The van der Waals surface area contributed by atoms with Crippen LogP contribution < -0.4 is 10.6 Å². The number of thiophene rings is 1. The highest BCUT2D eigenvalue weighted by Crippen LogP contribution is 2.22. The molecule has 1 amide bonds. The van der Waals surface area contributed by atoms with Crippen LogP contribution in [-0.2, 0) is 11.3 Å². The number of amides is 1. The summed E-state index contributed by atoms with van der Waals surface area (Å²) in [5, 5.41) is 12.8. The molecule has 2 heterocycles. The fourth-order valence-corrected chi connectivity index (χ4v) is 4.02. The minimum absolute atomic E-state index is 0.0615. The molecule has 0 aliphatic heterocycles. The Morgan fingerprint density at radius 2 is 1.77 bits per heavy atom. The molecule has 152 valence electrons. The number of benzene rings is 2. The Labute approximate surface area is 180 Å². The molecule has 2 aromatic carbocycles. The number of hydrogen-bond donors (Lipinski definition) is 2. The van der Waals surface area contributed by atoms with E-state index in [9.17, 15) is 4.79 Å². The van der Waals surface area contributed by atoms with Crippen molar-refractivity contribution >= 4 is 23.1 Å². The van der Waals surface area contributed by atoms with Crippen molar-refractivity contribution in [3.8, 4) is 0 Å². The molecule has 0 bridgehead atoms. The maximum atomic E-state index is 12.7. The van der Waals surface area contributed by atoms with Crippen LogP contribution in [0.5, 0.6) is 0 Å². The van der Waals surface area contributed by atoms with Gasteiger partial charge in [0.25, 0.3) is 0 Å². The van der Waals surface area contributed by atoms with Gasteiger partial charge in [0.1, 0.15) is 5.82 Å². The van der Waals surface area contributed by atoms with E-state index in [0.29, 0.717) is 12.4 Å². The molecule has 5 nitrogen and oxygen atoms in total. The van der Waals surface area contributed by atoms with E-state index in [1.165, 1.54) is 10.4 Å². The van der Waals surface area contributed by atoms with E-state index < -0.39 is 0 Å². The number of nitrogens with one attached hydrogen (secondary N) is 2. The molecule has 6 heteroatoms. The third-order valence-corrected chi connectivity index (χ3v) is 5.74. The first-order valence-corrected chi connectivity index (χ1v) is 10.8. The van der Waals surface area contributed by atoms with Gasteiger partial charge in [-0.2, -0.15) is 5.10 Å². The molecule has 0 aliphatic carbocycles. The summed E-state index contributed by atoms with van der Waals surface area (Å²) in [5.74, 6) is 0.595. The molecule has 0 fully saturated rings. The number of hydrogen-bond acceptors (Lipinski definition) is 4. The fraction of sp³-hybridized carbons (Fsp3) is 0.167. The predicted molar refractivity (Wildman–Crippen MR) is 122 cm³/mol. The Bertz CT molecular complexity index is 1070. The Morgan fingerprint density at radius 3 is 2.50 bits per heavy atom. The lowest BCUT2D eigenvalue weighted by atomic mass is 9.98. The number of nitrogens with zero attached hydrogens (tertiary/aromatic N) is 2. The van der Waals surface area contributed by atoms with Gasteiger partial charge >= 0.3 is 0 Å².